The number of methoxy groups -OCH3 is 1. The number of rotatable bonds is 11. The maximum Gasteiger partial charge on any atom is 0.407 e. The van der Waals surface area contributed by atoms with Crippen molar-refractivity contribution >= 4 is 39.3 Å². The van der Waals surface area contributed by atoms with E-state index in [0.717, 1.165) is 11.8 Å². The Hall–Kier alpha value is -3.58. The largest absolute Gasteiger partial charge is 0.453 e. The number of hydrogen-bond acceptors (Lipinski definition) is 7. The van der Waals surface area contributed by atoms with Crippen LogP contribution in [0.5, 0.6) is 0 Å². The highest BCUT2D eigenvalue weighted by Gasteiger charge is 2.38. The summed E-state index contributed by atoms with van der Waals surface area (Å²) in [7, 11) is -2.62. The second-order valence-electron chi connectivity index (χ2n) is 11.4. The number of sulfonamides is 1. The highest BCUT2D eigenvalue weighted by Crippen LogP contribution is 2.31. The zero-order valence-corrected chi connectivity index (χ0v) is 27.2. The van der Waals surface area contributed by atoms with Crippen LogP contribution in [0.4, 0.5) is 14.9 Å². The molecule has 4 rings (SSSR count). The number of pyridine rings is 1. The second kappa shape index (κ2) is 15.1. The standard InChI is InChI=1S/C32H39ClFN5O5S/c1-20(2)29(22-10-12-23(33)13-11-22)30(38-32(41)44-4)31(40)37-28-19-36-18-27(34)26(28)15-14-24-17-35-16-21(3)39(24)45(42,43)25-8-6-5-7-9-25/h5-13,18-21,24,29-30,35H,14-17H2,1-4H3,(H,37,40)(H,38,41)/t21-,24-,29+,30-/m0/s1. The van der Waals surface area contributed by atoms with Crippen molar-refractivity contribution in [2.45, 2.75) is 62.6 Å². The molecule has 0 aliphatic carbocycles. The lowest BCUT2D eigenvalue weighted by Crippen LogP contribution is -2.58. The van der Waals surface area contributed by atoms with E-state index >= 15 is 4.39 Å². The number of halogens is 2. The Morgan fingerprint density at radius 1 is 1.11 bits per heavy atom. The number of hydrogen-bond donors (Lipinski definition) is 3. The molecule has 3 aromatic rings. The van der Waals surface area contributed by atoms with Crippen molar-refractivity contribution < 1.29 is 27.1 Å². The number of amides is 2. The molecule has 0 saturated carbocycles. The van der Waals surface area contributed by atoms with Gasteiger partial charge in [0.05, 0.1) is 30.1 Å². The van der Waals surface area contributed by atoms with Crippen LogP contribution in [-0.2, 0) is 26.0 Å². The number of carbonyl (C=O) groups excluding carboxylic acids is 2. The lowest BCUT2D eigenvalue weighted by atomic mass is 9.82. The fraction of sp³-hybridized carbons (Fsp3) is 0.406. The normalized spacial score (nSPS) is 18.6. The molecule has 13 heteroatoms. The number of nitrogens with one attached hydrogen (secondary N) is 3. The molecule has 10 nitrogen and oxygen atoms in total. The summed E-state index contributed by atoms with van der Waals surface area (Å²) >= 11 is 6.09. The SMILES string of the molecule is COC(=O)N[C@H](C(=O)Nc1cncc(F)c1CC[C@H]1CNC[C@H](C)N1S(=O)(=O)c1ccccc1)[C@@H](c1ccc(Cl)cc1)C(C)C. The van der Waals surface area contributed by atoms with Crippen LogP contribution in [0.25, 0.3) is 0 Å². The van der Waals surface area contributed by atoms with Crippen molar-refractivity contribution in [3.63, 3.8) is 0 Å². The first-order chi connectivity index (χ1) is 21.4. The van der Waals surface area contributed by atoms with Gasteiger partial charge in [-0.3, -0.25) is 9.78 Å². The number of anilines is 1. The summed E-state index contributed by atoms with van der Waals surface area (Å²) in [6.45, 7) is 6.53. The van der Waals surface area contributed by atoms with E-state index in [0.29, 0.717) is 18.1 Å². The monoisotopic (exact) mass is 659 g/mol. The van der Waals surface area contributed by atoms with Crippen LogP contribution in [0.2, 0.25) is 5.02 Å². The van der Waals surface area contributed by atoms with E-state index in [1.807, 2.05) is 20.8 Å². The van der Waals surface area contributed by atoms with Crippen molar-refractivity contribution in [2.24, 2.45) is 5.92 Å². The third kappa shape index (κ3) is 8.18. The average molecular weight is 660 g/mol. The molecule has 2 amide bonds. The molecule has 45 heavy (non-hydrogen) atoms. The molecule has 242 valence electrons. The molecule has 0 spiro atoms. The molecule has 0 radical (unpaired) electrons. The fourth-order valence-electron chi connectivity index (χ4n) is 5.87. The summed E-state index contributed by atoms with van der Waals surface area (Å²) in [5.41, 5.74) is 1.07. The lowest BCUT2D eigenvalue weighted by molar-refractivity contribution is -0.118. The Morgan fingerprint density at radius 3 is 2.44 bits per heavy atom. The molecule has 0 bridgehead atoms. The van der Waals surface area contributed by atoms with Crippen molar-refractivity contribution in [2.75, 3.05) is 25.5 Å². The first-order valence-corrected chi connectivity index (χ1v) is 16.6. The highest BCUT2D eigenvalue weighted by molar-refractivity contribution is 7.89. The van der Waals surface area contributed by atoms with E-state index in [1.54, 1.807) is 54.6 Å². The van der Waals surface area contributed by atoms with Crippen LogP contribution >= 0.6 is 11.6 Å². The number of ether oxygens (including phenoxy) is 1. The minimum absolute atomic E-state index is 0.109. The van der Waals surface area contributed by atoms with E-state index < -0.39 is 45.8 Å². The molecule has 2 aromatic carbocycles. The molecular formula is C32H39ClFN5O5S. The number of aromatic nitrogens is 1. The van der Waals surface area contributed by atoms with Crippen molar-refractivity contribution in [3.05, 3.63) is 89.0 Å². The molecule has 1 aliphatic rings. The van der Waals surface area contributed by atoms with Gasteiger partial charge in [0, 0.05) is 41.7 Å². The van der Waals surface area contributed by atoms with Crippen LogP contribution < -0.4 is 16.0 Å². The maximum absolute atomic E-state index is 15.3. The Labute approximate surface area is 268 Å². The Kier molecular flexibility index (Phi) is 11.5. The van der Waals surface area contributed by atoms with Crippen LogP contribution in [0.1, 0.15) is 44.2 Å². The number of nitrogens with zero attached hydrogens (tertiary/aromatic N) is 2. The minimum Gasteiger partial charge on any atom is -0.453 e. The van der Waals surface area contributed by atoms with Gasteiger partial charge < -0.3 is 20.7 Å². The topological polar surface area (TPSA) is 130 Å². The summed E-state index contributed by atoms with van der Waals surface area (Å²) in [6.07, 6.45) is 1.99. The Morgan fingerprint density at radius 2 is 1.80 bits per heavy atom. The van der Waals surface area contributed by atoms with Gasteiger partial charge in [-0.2, -0.15) is 4.31 Å². The summed E-state index contributed by atoms with van der Waals surface area (Å²) in [5, 5.41) is 9.21. The summed E-state index contributed by atoms with van der Waals surface area (Å²) in [5.74, 6) is -1.83. The second-order valence-corrected chi connectivity index (χ2v) is 13.7. The van der Waals surface area contributed by atoms with Crippen LogP contribution in [0.15, 0.2) is 71.9 Å². The molecule has 1 aromatic heterocycles. The first kappa shape index (κ1) is 34.3. The molecule has 4 atom stereocenters. The van der Waals surface area contributed by atoms with Crippen LogP contribution in [0.3, 0.4) is 0 Å². The van der Waals surface area contributed by atoms with Crippen LogP contribution in [-0.4, -0.2) is 68.0 Å². The van der Waals surface area contributed by atoms with E-state index in [4.69, 9.17) is 16.3 Å². The summed E-state index contributed by atoms with van der Waals surface area (Å²) < 4.78 is 48.9. The Bertz CT molecular complexity index is 1580. The van der Waals surface area contributed by atoms with E-state index in [2.05, 4.69) is 20.9 Å². The number of carbonyl (C=O) groups is 2. The number of alkyl carbamates (subject to hydrolysis) is 1. The molecule has 2 heterocycles. The molecule has 1 aliphatic heterocycles. The average Bonchev–Trinajstić information content (AvgIpc) is 3.01. The third-order valence-electron chi connectivity index (χ3n) is 8.00. The molecule has 0 unspecified atom stereocenters. The van der Waals surface area contributed by atoms with Gasteiger partial charge in [-0.05, 0) is 55.5 Å². The predicted molar refractivity (Wildman–Crippen MR) is 171 cm³/mol. The summed E-state index contributed by atoms with van der Waals surface area (Å²) in [4.78, 5) is 30.4. The number of piperazine rings is 1. The predicted octanol–water partition coefficient (Wildman–Crippen LogP) is 4.96. The lowest BCUT2D eigenvalue weighted by Gasteiger charge is -2.40. The van der Waals surface area contributed by atoms with E-state index in [1.165, 1.54) is 17.6 Å². The summed E-state index contributed by atoms with van der Waals surface area (Å²) in [6, 6.07) is 13.3. The van der Waals surface area contributed by atoms with E-state index in [-0.39, 0.29) is 40.9 Å². The third-order valence-corrected chi connectivity index (χ3v) is 10.3. The molecule has 1 fully saturated rings. The van der Waals surface area contributed by atoms with E-state index in [9.17, 15) is 18.0 Å². The van der Waals surface area contributed by atoms with Crippen molar-refractivity contribution in [1.29, 1.82) is 0 Å². The van der Waals surface area contributed by atoms with Crippen LogP contribution in [0, 0.1) is 11.7 Å². The van der Waals surface area contributed by atoms with Gasteiger partial charge in [-0.25, -0.2) is 17.6 Å². The van der Waals surface area contributed by atoms with Gasteiger partial charge in [0.2, 0.25) is 15.9 Å². The molecule has 1 saturated heterocycles. The zero-order valence-electron chi connectivity index (χ0n) is 25.7. The van der Waals surface area contributed by atoms with Crippen molar-refractivity contribution in [3.8, 4) is 0 Å². The molecular weight excluding hydrogens is 621 g/mol. The first-order valence-electron chi connectivity index (χ1n) is 14.8. The van der Waals surface area contributed by atoms with Gasteiger partial charge in [-0.1, -0.05) is 55.8 Å². The van der Waals surface area contributed by atoms with Gasteiger partial charge in [0.1, 0.15) is 11.9 Å². The number of benzene rings is 2. The van der Waals surface area contributed by atoms with Crippen molar-refractivity contribution in [1.82, 2.24) is 19.9 Å². The zero-order chi connectivity index (χ0) is 32.7. The van der Waals surface area contributed by atoms with Gasteiger partial charge in [0.25, 0.3) is 0 Å². The van der Waals surface area contributed by atoms with Gasteiger partial charge >= 0.3 is 6.09 Å². The maximum atomic E-state index is 15.3. The van der Waals surface area contributed by atoms with Gasteiger partial charge in [-0.15, -0.1) is 0 Å². The highest BCUT2D eigenvalue weighted by atomic mass is 35.5. The smallest absolute Gasteiger partial charge is 0.407 e. The minimum atomic E-state index is -3.82. The quantitative estimate of drug-likeness (QED) is 0.265. The van der Waals surface area contributed by atoms with Gasteiger partial charge in [0.15, 0.2) is 0 Å². The fourth-order valence-corrected chi connectivity index (χ4v) is 7.86. The Balaban J connectivity index is 1.60. The molecule has 3 N–H and O–H groups in total.